The molecule has 2 heterocycles. The van der Waals surface area contributed by atoms with Crippen molar-refractivity contribution in [1.82, 2.24) is 9.97 Å². The van der Waals surface area contributed by atoms with Gasteiger partial charge < -0.3 is 16.4 Å². The monoisotopic (exact) mass is 602 g/mol. The summed E-state index contributed by atoms with van der Waals surface area (Å²) in [6, 6.07) is 2.95. The summed E-state index contributed by atoms with van der Waals surface area (Å²) in [7, 11) is 13.1. The molecule has 27 heavy (non-hydrogen) atoms. The number of aromatic nitrogens is 2. The van der Waals surface area contributed by atoms with Gasteiger partial charge in [0.15, 0.2) is 5.15 Å². The molecule has 4 N–H and O–H groups in total. The minimum absolute atomic E-state index is 0.111. The predicted molar refractivity (Wildman–Crippen MR) is 116 cm³/mol. The summed E-state index contributed by atoms with van der Waals surface area (Å²) in [5.74, 6) is 0. The summed E-state index contributed by atoms with van der Waals surface area (Å²) >= 11 is 21.5. The summed E-state index contributed by atoms with van der Waals surface area (Å²) < 4.78 is 0. The van der Waals surface area contributed by atoms with E-state index in [0.29, 0.717) is 16.5 Å². The average molecular weight is 604 g/mol. The van der Waals surface area contributed by atoms with Gasteiger partial charge in [-0.1, -0.05) is 46.4 Å². The van der Waals surface area contributed by atoms with Gasteiger partial charge in [0, 0.05) is 26.2 Å². The predicted octanol–water partition coefficient (Wildman–Crippen LogP) is 5.35. The van der Waals surface area contributed by atoms with E-state index in [1.165, 1.54) is 13.1 Å². The van der Waals surface area contributed by atoms with Crippen LogP contribution in [-0.4, -0.2) is 47.9 Å². The van der Waals surface area contributed by atoms with Crippen molar-refractivity contribution >= 4 is 106 Å². The Morgan fingerprint density at radius 3 is 1.81 bits per heavy atom. The van der Waals surface area contributed by atoms with Crippen molar-refractivity contribution in [3.8, 4) is 0 Å². The van der Waals surface area contributed by atoms with Gasteiger partial charge in [-0.25, -0.2) is 9.97 Å². The fourth-order valence-electron chi connectivity index (χ4n) is 1.54. The molecule has 0 bridgehead atoms. The molecule has 0 aliphatic rings. The van der Waals surface area contributed by atoms with Crippen LogP contribution in [0.2, 0.25) is 20.6 Å². The molecule has 0 unspecified atom stereocenters. The van der Waals surface area contributed by atoms with E-state index >= 15 is 0 Å². The Morgan fingerprint density at radius 1 is 1.00 bits per heavy atom. The topological polar surface area (TPSA) is 119 Å². The molecule has 2 rings (SSSR count). The number of rotatable bonds is 3. The Hall–Kier alpha value is -0.361. The van der Waals surface area contributed by atoms with Crippen LogP contribution in [0.3, 0.4) is 0 Å². The molecule has 0 aliphatic carbocycles. The quantitative estimate of drug-likeness (QED) is 0.187. The third-order valence-electron chi connectivity index (χ3n) is 2.62. The number of nitrogens with one attached hydrogen (secondary N) is 2. The molecule has 0 aliphatic heterocycles. The molecule has 8 nitrogen and oxygen atoms in total. The van der Waals surface area contributed by atoms with Gasteiger partial charge in [-0.05, 0) is 0 Å². The number of nitrogens with zero attached hydrogens (tertiary/aromatic N) is 3. The number of anilines is 3. The number of hydrogen-bond acceptors (Lipinski definition) is 7. The first-order valence-electron chi connectivity index (χ1n) is 6.56. The Labute approximate surface area is 192 Å². The van der Waals surface area contributed by atoms with Crippen molar-refractivity contribution in [2.75, 3.05) is 30.5 Å². The van der Waals surface area contributed by atoms with Crippen molar-refractivity contribution in [2.24, 2.45) is 0 Å². The Morgan fingerprint density at radius 2 is 1.41 bits per heavy atom. The van der Waals surface area contributed by atoms with Gasteiger partial charge in [0.05, 0.1) is 16.3 Å². The summed E-state index contributed by atoms with van der Waals surface area (Å²) in [4.78, 5) is 17.2. The minimum atomic E-state index is -0.826. The molecular formula is C12H12Cl6N6O2Sn. The third kappa shape index (κ3) is 9.12. The molecule has 0 saturated carbocycles. The molecule has 0 atom stereocenters. The van der Waals surface area contributed by atoms with Gasteiger partial charge in [0.2, 0.25) is 5.15 Å². The van der Waals surface area contributed by atoms with Crippen molar-refractivity contribution in [3.05, 3.63) is 42.9 Å². The van der Waals surface area contributed by atoms with Crippen LogP contribution in [0.4, 0.5) is 22.7 Å². The number of nitro groups is 1. The van der Waals surface area contributed by atoms with E-state index < -0.39 is 23.8 Å². The van der Waals surface area contributed by atoms with Crippen LogP contribution in [0.1, 0.15) is 0 Å². The van der Waals surface area contributed by atoms with Gasteiger partial charge in [0.1, 0.15) is 16.0 Å². The van der Waals surface area contributed by atoms with Crippen LogP contribution in [0.15, 0.2) is 12.1 Å². The van der Waals surface area contributed by atoms with E-state index in [4.69, 9.17) is 70.0 Å². The first kappa shape index (κ1) is 26.6. The van der Waals surface area contributed by atoms with Crippen molar-refractivity contribution < 1.29 is 4.92 Å². The van der Waals surface area contributed by atoms with E-state index in [1.807, 2.05) is 0 Å². The average Bonchev–Trinajstić information content (AvgIpc) is 2.58. The molecule has 0 saturated heterocycles. The molecular weight excluding hydrogens is 592 g/mol. The Balaban J connectivity index is 0.000000442. The molecule has 148 valence electrons. The zero-order chi connectivity index (χ0) is 21.1. The number of nitrogens with two attached hydrogens (primary N) is 1. The molecule has 0 amide bonds. The maximum atomic E-state index is 10.5. The first-order chi connectivity index (χ1) is 12.6. The van der Waals surface area contributed by atoms with E-state index in [1.54, 1.807) is 13.1 Å². The molecule has 2 aromatic heterocycles. The van der Waals surface area contributed by atoms with Gasteiger partial charge in [-0.15, -0.1) is 0 Å². The number of hydrogen-bond donors (Lipinski definition) is 3. The Kier molecular flexibility index (Phi) is 13.6. The Bertz CT molecular complexity index is 785. The summed E-state index contributed by atoms with van der Waals surface area (Å²) in [5, 5.41) is 16.4. The molecule has 2 aromatic rings. The van der Waals surface area contributed by atoms with Crippen molar-refractivity contribution in [2.45, 2.75) is 0 Å². The normalized spacial score (nSPS) is 9.33. The molecule has 0 fully saturated rings. The van der Waals surface area contributed by atoms with E-state index in [2.05, 4.69) is 20.6 Å². The zero-order valence-corrected chi connectivity index (χ0v) is 21.0. The standard InChI is InChI=1S/C6H5Cl2N3O2.C6H7Cl2N3.2ClH.Sn/c1-9-3-2-4(7)10-6(8)5(3)11(12)13;1-10-3-2-4(7)11-6(8)5(3)9;;;/h2H,1H3,(H,9,10);2H,9H2,1H3,(H,10,11);2*1H;/q;;;;+2/p-2. The van der Waals surface area contributed by atoms with Crippen molar-refractivity contribution in [3.63, 3.8) is 0 Å². The van der Waals surface area contributed by atoms with Gasteiger partial charge in [-0.2, -0.15) is 0 Å². The van der Waals surface area contributed by atoms with Crippen LogP contribution in [-0.2, 0) is 0 Å². The summed E-state index contributed by atoms with van der Waals surface area (Å²) in [5.41, 5.74) is 6.63. The molecule has 2 radical (unpaired) electrons. The van der Waals surface area contributed by atoms with Crippen LogP contribution in [0.25, 0.3) is 0 Å². The second kappa shape index (κ2) is 13.8. The first-order valence-corrected chi connectivity index (χ1v) is 15.3. The molecule has 15 heteroatoms. The summed E-state index contributed by atoms with van der Waals surface area (Å²) in [6.45, 7) is 0. The van der Waals surface area contributed by atoms with Crippen LogP contribution in [0, 0.1) is 10.1 Å². The second-order valence-electron chi connectivity index (χ2n) is 4.16. The van der Waals surface area contributed by atoms with Crippen LogP contribution in [0.5, 0.6) is 0 Å². The van der Waals surface area contributed by atoms with E-state index in [0.717, 1.165) is 0 Å². The van der Waals surface area contributed by atoms with E-state index in [-0.39, 0.29) is 26.8 Å². The summed E-state index contributed by atoms with van der Waals surface area (Å²) in [6.07, 6.45) is 0. The fourth-order valence-corrected chi connectivity index (χ4v) is 2.47. The van der Waals surface area contributed by atoms with Gasteiger partial charge in [0.25, 0.3) is 0 Å². The molecule has 0 aromatic carbocycles. The van der Waals surface area contributed by atoms with Crippen molar-refractivity contribution in [1.29, 1.82) is 0 Å². The fraction of sp³-hybridized carbons (Fsp3) is 0.167. The van der Waals surface area contributed by atoms with Crippen LogP contribution < -0.4 is 16.4 Å². The second-order valence-corrected chi connectivity index (χ2v) is 9.89. The number of halogens is 6. The SMILES string of the molecule is CNc1cc(Cl)nc(Cl)c1N.CNc1cc(Cl)nc(Cl)c1[N+](=O)[O-].[Cl][Sn][Cl]. The zero-order valence-electron chi connectivity index (χ0n) is 13.7. The number of pyridine rings is 2. The maximum absolute atomic E-state index is 10.5. The van der Waals surface area contributed by atoms with Gasteiger partial charge >= 0.3 is 42.4 Å². The van der Waals surface area contributed by atoms with Gasteiger partial charge in [-0.3, -0.25) is 10.1 Å². The van der Waals surface area contributed by atoms with E-state index in [9.17, 15) is 10.1 Å². The third-order valence-corrected chi connectivity index (χ3v) is 3.56. The number of nitrogen functional groups attached to an aromatic ring is 1. The molecule has 0 spiro atoms. The van der Waals surface area contributed by atoms with Crippen LogP contribution >= 0.6 is 64.2 Å².